The van der Waals surface area contributed by atoms with Crippen molar-refractivity contribution in [2.75, 3.05) is 0 Å². The molecule has 1 rings (SSSR count). The third-order valence-corrected chi connectivity index (χ3v) is 4.68. The maximum absolute atomic E-state index is 11.9. The summed E-state index contributed by atoms with van der Waals surface area (Å²) in [5.41, 5.74) is 1.22. The van der Waals surface area contributed by atoms with Crippen molar-refractivity contribution in [3.8, 4) is 0 Å². The lowest BCUT2D eigenvalue weighted by molar-refractivity contribution is -0.148. The normalized spacial score (nSPS) is 12.1. The van der Waals surface area contributed by atoms with Gasteiger partial charge in [-0.25, -0.2) is 0 Å². The van der Waals surface area contributed by atoms with Gasteiger partial charge in [-0.3, -0.25) is 4.79 Å². The van der Waals surface area contributed by atoms with E-state index in [0.29, 0.717) is 6.42 Å². The molecule has 0 N–H and O–H groups in total. The predicted octanol–water partition coefficient (Wildman–Crippen LogP) is 6.86. The van der Waals surface area contributed by atoms with E-state index in [4.69, 9.17) is 4.74 Å². The van der Waals surface area contributed by atoms with E-state index in [2.05, 4.69) is 19.1 Å². The van der Waals surface area contributed by atoms with Gasteiger partial charge in [-0.05, 0) is 18.9 Å². The van der Waals surface area contributed by atoms with Gasteiger partial charge in [0.05, 0.1) is 0 Å². The van der Waals surface area contributed by atoms with E-state index in [1.54, 1.807) is 0 Å². The standard InChI is InChI=1S/C23H38O2/c1-3-4-5-6-7-8-9-10-11-12-16-19-23(24)25-21(2)20-22-17-14-13-15-18-22/h13-15,17-18,21H,3-12,16,19-20H2,1-2H3/t21-/m0/s1. The van der Waals surface area contributed by atoms with Crippen LogP contribution in [0.5, 0.6) is 0 Å². The Kier molecular flexibility index (Phi) is 13.0. The molecule has 2 nitrogen and oxygen atoms in total. The van der Waals surface area contributed by atoms with Gasteiger partial charge in [-0.2, -0.15) is 0 Å². The van der Waals surface area contributed by atoms with E-state index >= 15 is 0 Å². The number of carbonyl (C=O) groups is 1. The Hall–Kier alpha value is -1.31. The molecule has 1 aromatic rings. The number of unbranched alkanes of at least 4 members (excludes halogenated alkanes) is 10. The minimum absolute atomic E-state index is 0.0393. The molecule has 0 radical (unpaired) electrons. The van der Waals surface area contributed by atoms with Crippen LogP contribution in [0.1, 0.15) is 96.5 Å². The zero-order valence-corrected chi connectivity index (χ0v) is 16.5. The predicted molar refractivity (Wildman–Crippen MR) is 107 cm³/mol. The Morgan fingerprint density at radius 1 is 0.840 bits per heavy atom. The van der Waals surface area contributed by atoms with Gasteiger partial charge in [0, 0.05) is 12.8 Å². The highest BCUT2D eigenvalue weighted by Crippen LogP contribution is 2.13. The number of rotatable bonds is 15. The molecular formula is C23H38O2. The summed E-state index contributed by atoms with van der Waals surface area (Å²) in [5, 5.41) is 0. The Bertz CT molecular complexity index is 427. The minimum Gasteiger partial charge on any atom is -0.462 e. The van der Waals surface area contributed by atoms with Crippen LogP contribution < -0.4 is 0 Å². The molecule has 25 heavy (non-hydrogen) atoms. The third kappa shape index (κ3) is 12.7. The molecule has 142 valence electrons. The molecule has 0 amide bonds. The molecule has 0 fully saturated rings. The maximum atomic E-state index is 11.9. The quantitative estimate of drug-likeness (QED) is 0.256. The van der Waals surface area contributed by atoms with Gasteiger partial charge in [0.1, 0.15) is 6.10 Å². The summed E-state index contributed by atoms with van der Waals surface area (Å²) in [7, 11) is 0. The van der Waals surface area contributed by atoms with Crippen molar-refractivity contribution in [2.45, 2.75) is 103 Å². The van der Waals surface area contributed by atoms with Gasteiger partial charge >= 0.3 is 5.97 Å². The number of ether oxygens (including phenoxy) is 1. The van der Waals surface area contributed by atoms with Crippen molar-refractivity contribution >= 4 is 5.97 Å². The van der Waals surface area contributed by atoms with Crippen molar-refractivity contribution in [3.63, 3.8) is 0 Å². The zero-order valence-electron chi connectivity index (χ0n) is 16.5. The van der Waals surface area contributed by atoms with Crippen LogP contribution in [-0.4, -0.2) is 12.1 Å². The molecule has 0 saturated carbocycles. The molecule has 0 aliphatic carbocycles. The molecule has 1 aromatic carbocycles. The summed E-state index contributed by atoms with van der Waals surface area (Å²) in [4.78, 5) is 11.9. The molecular weight excluding hydrogens is 308 g/mol. The smallest absolute Gasteiger partial charge is 0.306 e. The number of carbonyl (C=O) groups excluding carboxylic acids is 1. The van der Waals surface area contributed by atoms with Crippen molar-refractivity contribution in [1.82, 2.24) is 0 Å². The monoisotopic (exact) mass is 346 g/mol. The summed E-state index contributed by atoms with van der Waals surface area (Å²) in [5.74, 6) is -0.0423. The lowest BCUT2D eigenvalue weighted by Gasteiger charge is -2.13. The molecule has 0 saturated heterocycles. The van der Waals surface area contributed by atoms with Gasteiger partial charge in [0.25, 0.3) is 0 Å². The highest BCUT2D eigenvalue weighted by molar-refractivity contribution is 5.69. The van der Waals surface area contributed by atoms with Gasteiger partial charge in [0.15, 0.2) is 0 Å². The number of benzene rings is 1. The van der Waals surface area contributed by atoms with Crippen LogP contribution in [0.2, 0.25) is 0 Å². The van der Waals surface area contributed by atoms with Gasteiger partial charge in [0.2, 0.25) is 0 Å². The van der Waals surface area contributed by atoms with Gasteiger partial charge in [-0.1, -0.05) is 101 Å². The number of esters is 1. The first-order chi connectivity index (χ1) is 12.2. The molecule has 0 unspecified atom stereocenters. The number of hydrogen-bond acceptors (Lipinski definition) is 2. The Morgan fingerprint density at radius 3 is 1.92 bits per heavy atom. The van der Waals surface area contributed by atoms with Crippen LogP contribution >= 0.6 is 0 Å². The van der Waals surface area contributed by atoms with Crippen LogP contribution in [0.4, 0.5) is 0 Å². The summed E-state index contributed by atoms with van der Waals surface area (Å²) in [6.45, 7) is 4.24. The summed E-state index contributed by atoms with van der Waals surface area (Å²) < 4.78 is 5.51. The maximum Gasteiger partial charge on any atom is 0.306 e. The van der Waals surface area contributed by atoms with E-state index < -0.39 is 0 Å². The number of hydrogen-bond donors (Lipinski definition) is 0. The average molecular weight is 347 g/mol. The molecule has 1 atom stereocenters. The van der Waals surface area contributed by atoms with Crippen LogP contribution in [0.15, 0.2) is 30.3 Å². The second kappa shape index (κ2) is 15.0. The average Bonchev–Trinajstić information content (AvgIpc) is 2.60. The van der Waals surface area contributed by atoms with Crippen LogP contribution in [0.25, 0.3) is 0 Å². The lowest BCUT2D eigenvalue weighted by Crippen LogP contribution is -2.17. The molecule has 0 aliphatic rings. The Balaban J connectivity index is 1.91. The second-order valence-corrected chi connectivity index (χ2v) is 7.28. The summed E-state index contributed by atoms with van der Waals surface area (Å²) in [6, 6.07) is 10.2. The molecule has 0 aliphatic heterocycles. The fourth-order valence-electron chi connectivity index (χ4n) is 3.20. The van der Waals surface area contributed by atoms with Gasteiger partial charge < -0.3 is 4.74 Å². The lowest BCUT2D eigenvalue weighted by atomic mass is 10.1. The zero-order chi connectivity index (χ0) is 18.2. The van der Waals surface area contributed by atoms with Crippen LogP contribution in [-0.2, 0) is 16.0 Å². The molecule has 0 heterocycles. The summed E-state index contributed by atoms with van der Waals surface area (Å²) >= 11 is 0. The first-order valence-electron chi connectivity index (χ1n) is 10.5. The van der Waals surface area contributed by atoms with Crippen molar-refractivity contribution < 1.29 is 9.53 Å². The third-order valence-electron chi connectivity index (χ3n) is 4.68. The first-order valence-corrected chi connectivity index (χ1v) is 10.5. The van der Waals surface area contributed by atoms with E-state index in [1.807, 2.05) is 25.1 Å². The van der Waals surface area contributed by atoms with Crippen molar-refractivity contribution in [3.05, 3.63) is 35.9 Å². The fraction of sp³-hybridized carbons (Fsp3) is 0.696. The highest BCUT2D eigenvalue weighted by Gasteiger charge is 2.09. The molecule has 0 bridgehead atoms. The van der Waals surface area contributed by atoms with E-state index in [0.717, 1.165) is 19.3 Å². The topological polar surface area (TPSA) is 26.3 Å². The minimum atomic E-state index is -0.0423. The van der Waals surface area contributed by atoms with Gasteiger partial charge in [-0.15, -0.1) is 0 Å². The summed E-state index contributed by atoms with van der Waals surface area (Å²) in [6.07, 6.45) is 15.7. The largest absolute Gasteiger partial charge is 0.462 e. The van der Waals surface area contributed by atoms with E-state index in [9.17, 15) is 4.79 Å². The Morgan fingerprint density at radius 2 is 1.36 bits per heavy atom. The Labute approximate surface area is 155 Å². The van der Waals surface area contributed by atoms with E-state index in [1.165, 1.54) is 63.4 Å². The molecule has 2 heteroatoms. The van der Waals surface area contributed by atoms with Crippen molar-refractivity contribution in [1.29, 1.82) is 0 Å². The van der Waals surface area contributed by atoms with E-state index in [-0.39, 0.29) is 12.1 Å². The van der Waals surface area contributed by atoms with Crippen LogP contribution in [0, 0.1) is 0 Å². The molecule has 0 spiro atoms. The van der Waals surface area contributed by atoms with Crippen LogP contribution in [0.3, 0.4) is 0 Å². The second-order valence-electron chi connectivity index (χ2n) is 7.28. The SMILES string of the molecule is CCCCCCCCCCCCCC(=O)O[C@@H](C)Cc1ccccc1. The highest BCUT2D eigenvalue weighted by atomic mass is 16.5. The molecule has 0 aromatic heterocycles. The first kappa shape index (κ1) is 21.7. The fourth-order valence-corrected chi connectivity index (χ4v) is 3.20. The van der Waals surface area contributed by atoms with Crippen molar-refractivity contribution in [2.24, 2.45) is 0 Å².